The Hall–Kier alpha value is -1.35. The van der Waals surface area contributed by atoms with E-state index >= 15 is 0 Å². The molecule has 1 aliphatic heterocycles. The molecule has 0 spiro atoms. The predicted molar refractivity (Wildman–Crippen MR) is 122 cm³/mol. The van der Waals surface area contributed by atoms with Crippen LogP contribution in [0.1, 0.15) is 32.8 Å². The smallest absolute Gasteiger partial charge is 0.222 e. The van der Waals surface area contributed by atoms with Crippen LogP contribution in [0.15, 0.2) is 35.3 Å². The van der Waals surface area contributed by atoms with Crippen molar-refractivity contribution in [3.8, 4) is 0 Å². The summed E-state index contributed by atoms with van der Waals surface area (Å²) in [5.74, 6) is 1.38. The number of guanidine groups is 1. The Bertz CT molecular complexity index is 593. The highest BCUT2D eigenvalue weighted by molar-refractivity contribution is 14.0. The largest absolute Gasteiger partial charge is 0.356 e. The molecule has 0 radical (unpaired) electrons. The van der Waals surface area contributed by atoms with Gasteiger partial charge in [0.1, 0.15) is 0 Å². The van der Waals surface area contributed by atoms with Gasteiger partial charge in [-0.05, 0) is 25.3 Å². The van der Waals surface area contributed by atoms with Crippen molar-refractivity contribution in [1.82, 2.24) is 20.9 Å². The van der Waals surface area contributed by atoms with Gasteiger partial charge in [-0.3, -0.25) is 14.7 Å². The molecule has 1 aromatic rings. The number of rotatable bonds is 7. The average molecular weight is 487 g/mol. The molecule has 27 heavy (non-hydrogen) atoms. The van der Waals surface area contributed by atoms with Crippen molar-refractivity contribution in [2.75, 3.05) is 26.7 Å². The maximum absolute atomic E-state index is 12.0. The number of hydrogen-bond acceptors (Lipinski definition) is 3. The molecule has 1 aliphatic rings. The second kappa shape index (κ2) is 12.2. The molecule has 1 aromatic carbocycles. The number of halogens is 1. The minimum Gasteiger partial charge on any atom is -0.356 e. The molecule has 7 heteroatoms. The maximum atomic E-state index is 12.0. The van der Waals surface area contributed by atoms with Crippen molar-refractivity contribution in [2.45, 2.75) is 45.8 Å². The Morgan fingerprint density at radius 1 is 1.22 bits per heavy atom. The number of carbonyl (C=O) groups is 1. The highest BCUT2D eigenvalue weighted by atomic mass is 127. The minimum absolute atomic E-state index is 0. The first kappa shape index (κ1) is 23.7. The number of benzene rings is 1. The van der Waals surface area contributed by atoms with Crippen LogP contribution in [0.3, 0.4) is 0 Å². The summed E-state index contributed by atoms with van der Waals surface area (Å²) >= 11 is 0. The predicted octanol–water partition coefficient (Wildman–Crippen LogP) is 2.20. The molecule has 1 saturated heterocycles. The highest BCUT2D eigenvalue weighted by Gasteiger charge is 2.31. The quantitative estimate of drug-likeness (QED) is 0.314. The number of nitrogens with zero attached hydrogens (tertiary/aromatic N) is 2. The summed E-state index contributed by atoms with van der Waals surface area (Å²) in [5, 5.41) is 9.69. The van der Waals surface area contributed by atoms with Gasteiger partial charge in [0.05, 0.1) is 0 Å². The minimum atomic E-state index is 0. The van der Waals surface area contributed by atoms with E-state index in [0.29, 0.717) is 37.5 Å². The summed E-state index contributed by atoms with van der Waals surface area (Å²) in [7, 11) is 1.77. The lowest BCUT2D eigenvalue weighted by Gasteiger charge is -2.21. The molecule has 0 bridgehead atoms. The molecule has 6 nitrogen and oxygen atoms in total. The Morgan fingerprint density at radius 2 is 1.93 bits per heavy atom. The monoisotopic (exact) mass is 487 g/mol. The van der Waals surface area contributed by atoms with E-state index in [-0.39, 0.29) is 29.9 Å². The molecule has 3 N–H and O–H groups in total. The Kier molecular flexibility index (Phi) is 10.7. The van der Waals surface area contributed by atoms with Gasteiger partial charge in [-0.15, -0.1) is 24.0 Å². The molecule has 152 valence electrons. The lowest BCUT2D eigenvalue weighted by Crippen LogP contribution is -2.47. The van der Waals surface area contributed by atoms with Crippen molar-refractivity contribution in [2.24, 2.45) is 10.9 Å². The van der Waals surface area contributed by atoms with Crippen LogP contribution in [0, 0.1) is 5.92 Å². The van der Waals surface area contributed by atoms with Crippen LogP contribution in [0.25, 0.3) is 0 Å². The third kappa shape index (κ3) is 8.04. The van der Waals surface area contributed by atoms with E-state index in [9.17, 15) is 4.79 Å². The van der Waals surface area contributed by atoms with Gasteiger partial charge in [0, 0.05) is 51.7 Å². The molecule has 1 amide bonds. The zero-order chi connectivity index (χ0) is 18.9. The second-order valence-electron chi connectivity index (χ2n) is 7.29. The highest BCUT2D eigenvalue weighted by Crippen LogP contribution is 2.18. The van der Waals surface area contributed by atoms with Crippen LogP contribution in [-0.4, -0.2) is 55.5 Å². The Morgan fingerprint density at radius 3 is 2.52 bits per heavy atom. The first-order valence-electron chi connectivity index (χ1n) is 9.51. The van der Waals surface area contributed by atoms with Gasteiger partial charge < -0.3 is 16.0 Å². The summed E-state index contributed by atoms with van der Waals surface area (Å²) in [6.07, 6.45) is 0.422. The number of carbonyl (C=O) groups excluding carboxylic acids is 1. The number of aliphatic imine (C=N–C) groups is 1. The average Bonchev–Trinajstić information content (AvgIpc) is 3.01. The fourth-order valence-corrected chi connectivity index (χ4v) is 3.16. The lowest BCUT2D eigenvalue weighted by atomic mass is 10.1. The lowest BCUT2D eigenvalue weighted by molar-refractivity contribution is -0.121. The Balaban J connectivity index is 0.00000364. The van der Waals surface area contributed by atoms with Gasteiger partial charge in [0.25, 0.3) is 0 Å². The summed E-state index contributed by atoms with van der Waals surface area (Å²) in [4.78, 5) is 18.8. The molecule has 1 fully saturated rings. The molecular formula is C20H34IN5O. The van der Waals surface area contributed by atoms with E-state index in [0.717, 1.165) is 24.6 Å². The zero-order valence-electron chi connectivity index (χ0n) is 16.9. The van der Waals surface area contributed by atoms with Crippen LogP contribution in [0.5, 0.6) is 0 Å². The zero-order valence-corrected chi connectivity index (χ0v) is 19.2. The van der Waals surface area contributed by atoms with Crippen molar-refractivity contribution in [3.05, 3.63) is 35.9 Å². The van der Waals surface area contributed by atoms with Crippen LogP contribution in [-0.2, 0) is 11.3 Å². The molecule has 2 atom stereocenters. The van der Waals surface area contributed by atoms with Crippen LogP contribution in [0.4, 0.5) is 0 Å². The first-order valence-corrected chi connectivity index (χ1v) is 9.51. The van der Waals surface area contributed by atoms with Gasteiger partial charge in [-0.2, -0.15) is 0 Å². The summed E-state index contributed by atoms with van der Waals surface area (Å²) in [5.41, 5.74) is 1.11. The topological polar surface area (TPSA) is 68.8 Å². The van der Waals surface area contributed by atoms with Crippen molar-refractivity contribution in [3.63, 3.8) is 0 Å². The van der Waals surface area contributed by atoms with E-state index in [1.165, 1.54) is 0 Å². The standard InChI is InChI=1S/C20H33N5O.HI/c1-15(2)25-13-16(3)18(14-25)24-20(21-4)22-11-10-19(26)23-12-17-8-6-5-7-9-17;/h5-9,15-16,18H,10-14H2,1-4H3,(H,23,26)(H2,21,22,24);1H. The van der Waals surface area contributed by atoms with Crippen molar-refractivity contribution >= 4 is 35.8 Å². The van der Waals surface area contributed by atoms with Crippen LogP contribution in [0.2, 0.25) is 0 Å². The van der Waals surface area contributed by atoms with E-state index in [1.807, 2.05) is 30.3 Å². The van der Waals surface area contributed by atoms with Gasteiger partial charge in [-0.1, -0.05) is 37.3 Å². The molecule has 0 aliphatic carbocycles. The third-order valence-corrected chi connectivity index (χ3v) is 4.89. The fraction of sp³-hybridized carbons (Fsp3) is 0.600. The molecule has 0 aromatic heterocycles. The normalized spacial score (nSPS) is 20.3. The van der Waals surface area contributed by atoms with Gasteiger partial charge >= 0.3 is 0 Å². The number of hydrogen-bond donors (Lipinski definition) is 3. The molecule has 0 saturated carbocycles. The third-order valence-electron chi connectivity index (χ3n) is 4.89. The van der Waals surface area contributed by atoms with E-state index in [2.05, 4.69) is 46.6 Å². The molecular weight excluding hydrogens is 453 g/mol. The van der Waals surface area contributed by atoms with Crippen LogP contribution >= 0.6 is 24.0 Å². The fourth-order valence-electron chi connectivity index (χ4n) is 3.16. The van der Waals surface area contributed by atoms with E-state index in [1.54, 1.807) is 7.05 Å². The molecule has 1 heterocycles. The van der Waals surface area contributed by atoms with Crippen LogP contribution < -0.4 is 16.0 Å². The van der Waals surface area contributed by atoms with Gasteiger partial charge in [0.15, 0.2) is 5.96 Å². The Labute approximate surface area is 180 Å². The van der Waals surface area contributed by atoms with Crippen molar-refractivity contribution < 1.29 is 4.79 Å². The number of nitrogens with one attached hydrogen (secondary N) is 3. The molecule has 2 unspecified atom stereocenters. The maximum Gasteiger partial charge on any atom is 0.222 e. The van der Waals surface area contributed by atoms with E-state index < -0.39 is 0 Å². The number of likely N-dealkylation sites (tertiary alicyclic amines) is 1. The van der Waals surface area contributed by atoms with E-state index in [4.69, 9.17) is 0 Å². The molecule has 2 rings (SSSR count). The second-order valence-corrected chi connectivity index (χ2v) is 7.29. The first-order chi connectivity index (χ1) is 12.5. The van der Waals surface area contributed by atoms with Gasteiger partial charge in [-0.25, -0.2) is 0 Å². The number of amides is 1. The van der Waals surface area contributed by atoms with Crippen molar-refractivity contribution in [1.29, 1.82) is 0 Å². The summed E-state index contributed by atoms with van der Waals surface area (Å²) in [6, 6.07) is 10.9. The van der Waals surface area contributed by atoms with Gasteiger partial charge in [0.2, 0.25) is 5.91 Å². The summed E-state index contributed by atoms with van der Waals surface area (Å²) in [6.45, 7) is 9.99. The summed E-state index contributed by atoms with van der Waals surface area (Å²) < 4.78 is 0. The SMILES string of the molecule is CN=C(NCCC(=O)NCc1ccccc1)NC1CN(C(C)C)CC1C.I.